The molecule has 7 nitrogen and oxygen atoms in total. The first kappa shape index (κ1) is 28.7. The summed E-state index contributed by atoms with van der Waals surface area (Å²) in [5.74, 6) is 0. The van der Waals surface area contributed by atoms with Crippen LogP contribution in [0, 0.1) is 6.92 Å². The van der Waals surface area contributed by atoms with E-state index in [1.807, 2.05) is 90.9 Å². The van der Waals surface area contributed by atoms with Crippen molar-refractivity contribution in [2.24, 2.45) is 0 Å². The van der Waals surface area contributed by atoms with Gasteiger partial charge in [-0.05, 0) is 84.2 Å². The lowest BCUT2D eigenvalue weighted by Gasteiger charge is -2.24. The third-order valence-corrected chi connectivity index (χ3v) is 6.74. The zero-order valence-corrected chi connectivity index (χ0v) is 24.7. The van der Waals surface area contributed by atoms with Crippen LogP contribution in [0.4, 0.5) is 15.3 Å². The second kappa shape index (κ2) is 11.6. The lowest BCUT2D eigenvalue weighted by molar-refractivity contribution is 0.0501. The first-order valence-electron chi connectivity index (χ1n) is 12.0. The maximum Gasteiger partial charge on any atom is 0.412 e. The lowest BCUT2D eigenvalue weighted by atomic mass is 10.0. The number of nitrogens with one attached hydrogen (secondary N) is 2. The van der Waals surface area contributed by atoms with Gasteiger partial charge in [0.1, 0.15) is 11.2 Å². The molecule has 0 fully saturated rings. The molecule has 0 aliphatic heterocycles. The lowest BCUT2D eigenvalue weighted by Crippen LogP contribution is -2.36. The molecule has 2 aromatic carbocycles. The molecular weight excluding hydrogens is 554 g/mol. The second-order valence-electron chi connectivity index (χ2n) is 10.6. The number of carbonyl (C=O) groups is 2. The summed E-state index contributed by atoms with van der Waals surface area (Å²) >= 11 is 5.15. The Kier molecular flexibility index (Phi) is 9.02. The molecule has 9 heteroatoms. The minimum Gasteiger partial charge on any atom is -0.444 e. The van der Waals surface area contributed by atoms with Gasteiger partial charge < -0.3 is 14.8 Å². The Morgan fingerprint density at radius 3 is 2.27 bits per heavy atom. The fourth-order valence-electron chi connectivity index (χ4n) is 3.60. The van der Waals surface area contributed by atoms with E-state index < -0.39 is 29.4 Å². The van der Waals surface area contributed by atoms with E-state index in [0.717, 1.165) is 31.2 Å². The van der Waals surface area contributed by atoms with E-state index in [9.17, 15) is 9.59 Å². The molecule has 1 atom stereocenters. The van der Waals surface area contributed by atoms with Crippen LogP contribution in [0.3, 0.4) is 0 Å². The predicted molar refractivity (Wildman–Crippen MR) is 152 cm³/mol. The predicted octanol–water partition coefficient (Wildman–Crippen LogP) is 8.04. The Bertz CT molecular complexity index is 1260. The van der Waals surface area contributed by atoms with E-state index in [0.29, 0.717) is 12.1 Å². The SMILES string of the molecule is Cc1nc(C(Cc2ccccc2Br)NC(=O)OC(C)(C)C)c(-c2cccc(NC(=O)OC(C)(C)C)c2)s1. The number of carbonyl (C=O) groups excluding carboxylic acids is 2. The summed E-state index contributed by atoms with van der Waals surface area (Å²) in [5, 5.41) is 6.69. The third-order valence-electron chi connectivity index (χ3n) is 4.93. The van der Waals surface area contributed by atoms with Crippen LogP contribution in [0.2, 0.25) is 0 Å². The third kappa shape index (κ3) is 8.86. The fraction of sp³-hybridized carbons (Fsp3) is 0.393. The minimum atomic E-state index is -0.634. The molecule has 1 unspecified atom stereocenters. The summed E-state index contributed by atoms with van der Waals surface area (Å²) < 4.78 is 11.9. The van der Waals surface area contributed by atoms with Crippen molar-refractivity contribution in [3.05, 3.63) is 69.3 Å². The van der Waals surface area contributed by atoms with Gasteiger partial charge in [0.2, 0.25) is 0 Å². The van der Waals surface area contributed by atoms with Gasteiger partial charge in [0, 0.05) is 10.2 Å². The molecule has 37 heavy (non-hydrogen) atoms. The average molecular weight is 589 g/mol. The van der Waals surface area contributed by atoms with Crippen molar-refractivity contribution >= 4 is 45.1 Å². The van der Waals surface area contributed by atoms with Crippen LogP contribution in [0.15, 0.2) is 53.0 Å². The number of amides is 2. The highest BCUT2D eigenvalue weighted by Crippen LogP contribution is 2.37. The van der Waals surface area contributed by atoms with Crippen LogP contribution >= 0.6 is 27.3 Å². The number of hydrogen-bond donors (Lipinski definition) is 2. The molecule has 0 bridgehead atoms. The van der Waals surface area contributed by atoms with Crippen molar-refractivity contribution in [3.8, 4) is 10.4 Å². The van der Waals surface area contributed by atoms with Gasteiger partial charge in [0.15, 0.2) is 0 Å². The molecule has 0 saturated heterocycles. The van der Waals surface area contributed by atoms with E-state index in [4.69, 9.17) is 14.5 Å². The number of benzene rings is 2. The Labute approximate surface area is 231 Å². The molecule has 0 aliphatic rings. The maximum absolute atomic E-state index is 12.8. The molecule has 2 amide bonds. The highest BCUT2D eigenvalue weighted by atomic mass is 79.9. The van der Waals surface area contributed by atoms with E-state index >= 15 is 0 Å². The number of nitrogens with zero attached hydrogens (tertiary/aromatic N) is 1. The van der Waals surface area contributed by atoms with Crippen LogP contribution in [0.5, 0.6) is 0 Å². The summed E-state index contributed by atoms with van der Waals surface area (Å²) in [5.41, 5.74) is 2.00. The minimum absolute atomic E-state index is 0.448. The Morgan fingerprint density at radius 1 is 0.973 bits per heavy atom. The van der Waals surface area contributed by atoms with Crippen molar-refractivity contribution in [3.63, 3.8) is 0 Å². The molecule has 0 saturated carbocycles. The molecule has 0 radical (unpaired) electrons. The van der Waals surface area contributed by atoms with Crippen molar-refractivity contribution in [1.29, 1.82) is 0 Å². The zero-order valence-electron chi connectivity index (χ0n) is 22.3. The van der Waals surface area contributed by atoms with Gasteiger partial charge >= 0.3 is 12.2 Å². The van der Waals surface area contributed by atoms with Crippen LogP contribution in [0.1, 0.15) is 63.8 Å². The van der Waals surface area contributed by atoms with Gasteiger partial charge in [0.05, 0.1) is 21.6 Å². The summed E-state index contributed by atoms with van der Waals surface area (Å²) in [6.07, 6.45) is -0.530. The first-order valence-corrected chi connectivity index (χ1v) is 13.6. The Balaban J connectivity index is 1.97. The number of anilines is 1. The van der Waals surface area contributed by atoms with E-state index in [1.165, 1.54) is 11.3 Å². The number of alkyl carbamates (subject to hydrolysis) is 1. The smallest absolute Gasteiger partial charge is 0.412 e. The standard InChI is InChI=1S/C28H34BrN3O4S/c1-17-30-23(22(32-26(34)36-28(5,6)7)16-18-11-8-9-14-21(18)29)24(37-17)19-12-10-13-20(15-19)31-25(33)35-27(2,3)4/h8-15,22H,16H2,1-7H3,(H,31,33)(H,32,34). The van der Waals surface area contributed by atoms with Crippen molar-refractivity contribution in [2.75, 3.05) is 5.32 Å². The van der Waals surface area contributed by atoms with Crippen LogP contribution in [-0.2, 0) is 15.9 Å². The zero-order chi connectivity index (χ0) is 27.4. The van der Waals surface area contributed by atoms with Gasteiger partial charge in [-0.2, -0.15) is 0 Å². The summed E-state index contributed by atoms with van der Waals surface area (Å²) in [4.78, 5) is 30.9. The number of halogens is 1. The first-order chi connectivity index (χ1) is 17.2. The number of aryl methyl sites for hydroxylation is 1. The highest BCUT2D eigenvalue weighted by Gasteiger charge is 2.26. The van der Waals surface area contributed by atoms with Crippen molar-refractivity contribution < 1.29 is 19.1 Å². The second-order valence-corrected chi connectivity index (χ2v) is 12.7. The molecule has 1 aromatic heterocycles. The average Bonchev–Trinajstić information content (AvgIpc) is 3.14. The monoisotopic (exact) mass is 587 g/mol. The van der Waals surface area contributed by atoms with Gasteiger partial charge in [-0.3, -0.25) is 5.32 Å². The van der Waals surface area contributed by atoms with Crippen LogP contribution in [0.25, 0.3) is 10.4 Å². The highest BCUT2D eigenvalue weighted by molar-refractivity contribution is 9.10. The number of rotatable bonds is 6. The van der Waals surface area contributed by atoms with Gasteiger partial charge in [-0.1, -0.05) is 46.3 Å². The molecular formula is C28H34BrN3O4S. The van der Waals surface area contributed by atoms with E-state index in [1.54, 1.807) is 6.07 Å². The quantitative estimate of drug-likeness (QED) is 0.304. The van der Waals surface area contributed by atoms with Gasteiger partial charge in [0.25, 0.3) is 0 Å². The largest absolute Gasteiger partial charge is 0.444 e. The summed E-state index contributed by atoms with van der Waals surface area (Å²) in [6.45, 7) is 12.9. The Morgan fingerprint density at radius 2 is 1.62 bits per heavy atom. The van der Waals surface area contributed by atoms with Crippen LogP contribution < -0.4 is 10.6 Å². The molecule has 0 spiro atoms. The van der Waals surface area contributed by atoms with Crippen LogP contribution in [-0.4, -0.2) is 28.4 Å². The summed E-state index contributed by atoms with van der Waals surface area (Å²) in [6, 6.07) is 15.0. The number of hydrogen-bond acceptors (Lipinski definition) is 6. The summed E-state index contributed by atoms with van der Waals surface area (Å²) in [7, 11) is 0. The molecule has 0 aliphatic carbocycles. The van der Waals surface area contributed by atoms with E-state index in [2.05, 4.69) is 26.6 Å². The Hall–Kier alpha value is -2.91. The van der Waals surface area contributed by atoms with Crippen molar-refractivity contribution in [2.45, 2.75) is 72.1 Å². The number of thiazole rings is 1. The molecule has 1 heterocycles. The molecule has 198 valence electrons. The molecule has 2 N–H and O–H groups in total. The molecule has 3 rings (SSSR count). The molecule has 3 aromatic rings. The normalized spacial score (nSPS) is 12.5. The topological polar surface area (TPSA) is 89.5 Å². The van der Waals surface area contributed by atoms with E-state index in [-0.39, 0.29) is 0 Å². The number of aromatic nitrogens is 1. The van der Waals surface area contributed by atoms with Crippen molar-refractivity contribution in [1.82, 2.24) is 10.3 Å². The maximum atomic E-state index is 12.8. The fourth-order valence-corrected chi connectivity index (χ4v) is 5.02. The van der Waals surface area contributed by atoms with Gasteiger partial charge in [-0.15, -0.1) is 11.3 Å². The number of ether oxygens (including phenoxy) is 2. The van der Waals surface area contributed by atoms with Gasteiger partial charge in [-0.25, -0.2) is 14.6 Å².